The summed E-state index contributed by atoms with van der Waals surface area (Å²) in [6.45, 7) is 7.32. The molecule has 4 N–H and O–H groups in total. The van der Waals surface area contributed by atoms with Crippen LogP contribution in [0.3, 0.4) is 0 Å². The Labute approximate surface area is 163 Å². The van der Waals surface area contributed by atoms with Gasteiger partial charge in [0.05, 0.1) is 31.7 Å². The zero-order valence-corrected chi connectivity index (χ0v) is 16.9. The summed E-state index contributed by atoms with van der Waals surface area (Å²) in [7, 11) is 0. The van der Waals surface area contributed by atoms with Gasteiger partial charge in [-0.25, -0.2) is 0 Å². The van der Waals surface area contributed by atoms with E-state index in [1.807, 2.05) is 11.8 Å². The number of amides is 3. The van der Waals surface area contributed by atoms with E-state index >= 15 is 0 Å². The molecule has 1 atom stereocenters. The van der Waals surface area contributed by atoms with E-state index < -0.39 is 5.91 Å². The van der Waals surface area contributed by atoms with Gasteiger partial charge in [-0.1, -0.05) is 13.8 Å². The largest absolute Gasteiger partial charge is 0.365 e. The van der Waals surface area contributed by atoms with Crippen molar-refractivity contribution in [2.45, 2.75) is 39.5 Å². The van der Waals surface area contributed by atoms with E-state index in [0.29, 0.717) is 42.5 Å². The van der Waals surface area contributed by atoms with Crippen LogP contribution in [0.15, 0.2) is 0 Å². The molecule has 8 heteroatoms. The van der Waals surface area contributed by atoms with E-state index in [1.54, 1.807) is 0 Å². The summed E-state index contributed by atoms with van der Waals surface area (Å²) in [4.78, 5) is 40.5. The van der Waals surface area contributed by atoms with Crippen molar-refractivity contribution in [2.75, 3.05) is 38.0 Å². The van der Waals surface area contributed by atoms with Gasteiger partial charge in [0.15, 0.2) is 6.54 Å². The summed E-state index contributed by atoms with van der Waals surface area (Å²) in [5.74, 6) is 0.195. The second-order valence-electron chi connectivity index (χ2n) is 7.63. The molecule has 0 radical (unpaired) electrons. The summed E-state index contributed by atoms with van der Waals surface area (Å²) in [5, 5.41) is 3.54. The fourth-order valence-electron chi connectivity index (χ4n) is 3.97. The van der Waals surface area contributed by atoms with Crippen LogP contribution < -0.4 is 16.0 Å². The Bertz CT molecular complexity index is 738. The van der Waals surface area contributed by atoms with Crippen LogP contribution in [0.25, 0.3) is 0 Å². The summed E-state index contributed by atoms with van der Waals surface area (Å²) >= 11 is 1.50. The van der Waals surface area contributed by atoms with Crippen molar-refractivity contribution < 1.29 is 19.3 Å². The Morgan fingerprint density at radius 2 is 2.00 bits per heavy atom. The van der Waals surface area contributed by atoms with E-state index in [1.165, 1.54) is 16.2 Å². The van der Waals surface area contributed by atoms with Gasteiger partial charge in [-0.15, -0.1) is 11.3 Å². The molecule has 3 rings (SSSR count). The first-order valence-corrected chi connectivity index (χ1v) is 10.6. The van der Waals surface area contributed by atoms with Crippen LogP contribution in [-0.2, 0) is 22.4 Å². The number of piperazine rings is 1. The lowest BCUT2D eigenvalue weighted by Gasteiger charge is -2.31. The Morgan fingerprint density at radius 1 is 1.30 bits per heavy atom. The van der Waals surface area contributed by atoms with E-state index in [-0.39, 0.29) is 11.8 Å². The Hall–Kier alpha value is -1.93. The maximum Gasteiger partial charge on any atom is 0.280 e. The van der Waals surface area contributed by atoms with E-state index in [4.69, 9.17) is 5.73 Å². The van der Waals surface area contributed by atoms with E-state index in [0.717, 1.165) is 42.8 Å². The molecule has 3 amide bonds. The van der Waals surface area contributed by atoms with Gasteiger partial charge in [-0.3, -0.25) is 14.4 Å². The van der Waals surface area contributed by atoms with E-state index in [2.05, 4.69) is 12.2 Å². The smallest absolute Gasteiger partial charge is 0.280 e. The van der Waals surface area contributed by atoms with Crippen LogP contribution in [-0.4, -0.2) is 55.3 Å². The number of hydrogen-bond donors (Lipinski definition) is 3. The van der Waals surface area contributed by atoms with Crippen molar-refractivity contribution in [1.29, 1.82) is 0 Å². The van der Waals surface area contributed by atoms with E-state index in [9.17, 15) is 14.4 Å². The molecule has 0 spiro atoms. The van der Waals surface area contributed by atoms with Crippen LogP contribution in [0.5, 0.6) is 0 Å². The average Bonchev–Trinajstić information content (AvgIpc) is 2.98. The third-order valence-corrected chi connectivity index (χ3v) is 6.72. The topological polar surface area (TPSA) is 96.9 Å². The lowest BCUT2D eigenvalue weighted by molar-refractivity contribution is -0.895. The van der Waals surface area contributed by atoms with Crippen LogP contribution in [0.2, 0.25) is 0 Å². The van der Waals surface area contributed by atoms with Gasteiger partial charge in [0.25, 0.3) is 11.8 Å². The van der Waals surface area contributed by atoms with Crippen molar-refractivity contribution >= 4 is 34.1 Å². The van der Waals surface area contributed by atoms with Crippen molar-refractivity contribution in [3.8, 4) is 0 Å². The molecule has 1 aromatic rings. The number of hydrogen-bond acceptors (Lipinski definition) is 4. The molecule has 0 unspecified atom stereocenters. The van der Waals surface area contributed by atoms with Crippen molar-refractivity contribution in [2.24, 2.45) is 11.7 Å². The van der Waals surface area contributed by atoms with Crippen LogP contribution in [0.4, 0.5) is 5.00 Å². The van der Waals surface area contributed by atoms with Gasteiger partial charge in [-0.05, 0) is 30.7 Å². The second-order valence-corrected chi connectivity index (χ2v) is 8.73. The molecule has 148 valence electrons. The number of carbonyl (C=O) groups is 3. The Balaban J connectivity index is 1.62. The van der Waals surface area contributed by atoms with Gasteiger partial charge >= 0.3 is 0 Å². The maximum absolute atomic E-state index is 12.5. The number of carbonyl (C=O) groups excluding carboxylic acids is 3. The number of primary amides is 1. The zero-order chi connectivity index (χ0) is 19.6. The van der Waals surface area contributed by atoms with Gasteiger partial charge in [0.1, 0.15) is 5.00 Å². The lowest BCUT2D eigenvalue weighted by atomic mass is 9.88. The monoisotopic (exact) mass is 393 g/mol. The molecule has 2 heterocycles. The first-order valence-electron chi connectivity index (χ1n) is 9.74. The van der Waals surface area contributed by atoms with Crippen molar-refractivity contribution in [3.63, 3.8) is 0 Å². The first-order chi connectivity index (χ1) is 12.9. The quantitative estimate of drug-likeness (QED) is 0.659. The van der Waals surface area contributed by atoms with Crippen molar-refractivity contribution in [3.05, 3.63) is 16.0 Å². The molecule has 0 saturated carbocycles. The number of anilines is 1. The second kappa shape index (κ2) is 8.39. The molecule has 0 aromatic carbocycles. The molecular formula is C19H29N4O3S+. The standard InChI is InChI=1S/C19H28N4O3S/c1-3-16(25)23-8-6-22(7-9-23)11-15(24)21-19-17(18(20)26)13-5-4-12(2)10-14(13)27-19/h12H,3-11H2,1-2H3,(H2,20,26)(H,21,24)/p+1/t12-/m0/s1. The molecule has 0 bridgehead atoms. The number of thiophene rings is 1. The number of quaternary nitrogens is 1. The fraction of sp³-hybridized carbons (Fsp3) is 0.632. The minimum atomic E-state index is -0.462. The van der Waals surface area contributed by atoms with Gasteiger partial charge < -0.3 is 20.9 Å². The van der Waals surface area contributed by atoms with Gasteiger partial charge in [0.2, 0.25) is 5.91 Å². The van der Waals surface area contributed by atoms with Crippen LogP contribution in [0, 0.1) is 5.92 Å². The van der Waals surface area contributed by atoms with Crippen molar-refractivity contribution in [1.82, 2.24) is 4.90 Å². The third-order valence-electron chi connectivity index (χ3n) is 5.55. The van der Waals surface area contributed by atoms with Crippen LogP contribution >= 0.6 is 11.3 Å². The molecule has 1 aliphatic heterocycles. The highest BCUT2D eigenvalue weighted by Crippen LogP contribution is 2.39. The first kappa shape index (κ1) is 19.8. The fourth-order valence-corrected chi connectivity index (χ4v) is 5.40. The molecular weight excluding hydrogens is 364 g/mol. The molecule has 1 aromatic heterocycles. The number of nitrogens with two attached hydrogens (primary N) is 1. The normalized spacial score (nSPS) is 20.2. The highest BCUT2D eigenvalue weighted by Gasteiger charge is 2.29. The summed E-state index contributed by atoms with van der Waals surface area (Å²) in [6.07, 6.45) is 3.35. The SMILES string of the molecule is CCC(=O)N1CC[NH+](CC(=O)Nc2sc3c(c2C(N)=O)CC[C@H](C)C3)CC1. The highest BCUT2D eigenvalue weighted by molar-refractivity contribution is 7.17. The molecule has 1 saturated heterocycles. The van der Waals surface area contributed by atoms with Gasteiger partial charge in [-0.2, -0.15) is 0 Å². The third kappa shape index (κ3) is 4.50. The number of nitrogens with zero attached hydrogens (tertiary/aromatic N) is 1. The maximum atomic E-state index is 12.5. The minimum absolute atomic E-state index is 0.102. The molecule has 27 heavy (non-hydrogen) atoms. The predicted octanol–water partition coefficient (Wildman–Crippen LogP) is 0.0474. The summed E-state index contributed by atoms with van der Waals surface area (Å²) in [6, 6.07) is 0. The number of rotatable bonds is 5. The molecule has 1 fully saturated rings. The zero-order valence-electron chi connectivity index (χ0n) is 16.1. The Morgan fingerprint density at radius 3 is 2.63 bits per heavy atom. The number of fused-ring (bicyclic) bond motifs is 1. The predicted molar refractivity (Wildman–Crippen MR) is 105 cm³/mol. The lowest BCUT2D eigenvalue weighted by Crippen LogP contribution is -3.15. The number of nitrogens with one attached hydrogen (secondary N) is 2. The molecule has 2 aliphatic rings. The minimum Gasteiger partial charge on any atom is -0.365 e. The average molecular weight is 394 g/mol. The molecule has 1 aliphatic carbocycles. The van der Waals surface area contributed by atoms with Gasteiger partial charge in [0, 0.05) is 11.3 Å². The summed E-state index contributed by atoms with van der Waals surface area (Å²) < 4.78 is 0. The molecule has 7 nitrogen and oxygen atoms in total. The Kier molecular flexibility index (Phi) is 6.16. The highest BCUT2D eigenvalue weighted by atomic mass is 32.1. The van der Waals surface area contributed by atoms with Crippen LogP contribution in [0.1, 0.15) is 47.5 Å². The summed E-state index contributed by atoms with van der Waals surface area (Å²) in [5.41, 5.74) is 7.14.